The highest BCUT2D eigenvalue weighted by Gasteiger charge is 2.42. The van der Waals surface area contributed by atoms with Gasteiger partial charge in [-0.3, -0.25) is 4.79 Å². The molecule has 21 heavy (non-hydrogen) atoms. The second-order valence-electron chi connectivity index (χ2n) is 5.40. The molecule has 0 saturated heterocycles. The predicted octanol–water partition coefficient (Wildman–Crippen LogP) is 3.89. The van der Waals surface area contributed by atoms with Crippen molar-refractivity contribution in [1.29, 1.82) is 0 Å². The minimum absolute atomic E-state index is 0.0625. The van der Waals surface area contributed by atoms with Gasteiger partial charge in [0.2, 0.25) is 0 Å². The van der Waals surface area contributed by atoms with Gasteiger partial charge in [-0.15, -0.1) is 0 Å². The number of carbonyl (C=O) groups is 1. The Balaban J connectivity index is 2.02. The van der Waals surface area contributed by atoms with Crippen molar-refractivity contribution < 1.29 is 18.0 Å². The van der Waals surface area contributed by atoms with E-state index >= 15 is 0 Å². The number of rotatable bonds is 2. The summed E-state index contributed by atoms with van der Waals surface area (Å²) in [5, 5.41) is 2.86. The molecule has 1 aliphatic rings. The molecule has 0 spiro atoms. The molecular weight excluding hydrogens is 305 g/mol. The predicted molar refractivity (Wildman–Crippen MR) is 73.3 cm³/mol. The smallest absolute Gasteiger partial charge is 0.349 e. The molecule has 1 saturated carbocycles. The zero-order chi connectivity index (χ0) is 15.6. The SMILES string of the molecule is Cc1cc(C(=O)NC2CCCC(C(F)(F)F)C2)cc(Cl)n1. The molecular formula is C14H16ClF3N2O. The summed E-state index contributed by atoms with van der Waals surface area (Å²) >= 11 is 5.78. The topological polar surface area (TPSA) is 42.0 Å². The molecule has 2 rings (SSSR count). The molecule has 0 aliphatic heterocycles. The number of hydrogen-bond donors (Lipinski definition) is 1. The number of nitrogens with zero attached hydrogens (tertiary/aromatic N) is 1. The maximum absolute atomic E-state index is 12.7. The third kappa shape index (κ3) is 4.33. The molecule has 2 atom stereocenters. The largest absolute Gasteiger partial charge is 0.391 e. The number of halogens is 4. The van der Waals surface area contributed by atoms with Crippen molar-refractivity contribution in [2.45, 2.75) is 44.8 Å². The van der Waals surface area contributed by atoms with E-state index < -0.39 is 24.0 Å². The van der Waals surface area contributed by atoms with Crippen LogP contribution in [0.5, 0.6) is 0 Å². The van der Waals surface area contributed by atoms with Crippen molar-refractivity contribution in [1.82, 2.24) is 10.3 Å². The fourth-order valence-electron chi connectivity index (χ4n) is 2.65. The van der Waals surface area contributed by atoms with Crippen LogP contribution in [0, 0.1) is 12.8 Å². The Morgan fingerprint density at radius 3 is 2.71 bits per heavy atom. The molecule has 7 heteroatoms. The standard InChI is InChI=1S/C14H16ClF3N2O/c1-8-5-9(6-12(15)19-8)13(21)20-11-4-2-3-10(7-11)14(16,17)18/h5-6,10-11H,2-4,7H2,1H3,(H,20,21). The summed E-state index contributed by atoms with van der Waals surface area (Å²) in [7, 11) is 0. The summed E-state index contributed by atoms with van der Waals surface area (Å²) in [5.41, 5.74) is 0.908. The van der Waals surface area contributed by atoms with E-state index in [0.29, 0.717) is 24.1 Å². The van der Waals surface area contributed by atoms with Crippen LogP contribution in [0.3, 0.4) is 0 Å². The average Bonchev–Trinajstić information content (AvgIpc) is 2.37. The van der Waals surface area contributed by atoms with Crippen LogP contribution >= 0.6 is 11.6 Å². The Labute approximate surface area is 125 Å². The molecule has 0 radical (unpaired) electrons. The zero-order valence-corrected chi connectivity index (χ0v) is 12.3. The molecule has 3 nitrogen and oxygen atoms in total. The third-order valence-corrected chi connectivity index (χ3v) is 3.85. The van der Waals surface area contributed by atoms with E-state index in [4.69, 9.17) is 11.6 Å². The van der Waals surface area contributed by atoms with Gasteiger partial charge in [-0.05, 0) is 38.3 Å². The second-order valence-corrected chi connectivity index (χ2v) is 5.78. The first-order valence-electron chi connectivity index (χ1n) is 6.77. The summed E-state index contributed by atoms with van der Waals surface area (Å²) in [4.78, 5) is 16.0. The van der Waals surface area contributed by atoms with E-state index in [1.165, 1.54) is 6.07 Å². The average molecular weight is 321 g/mol. The van der Waals surface area contributed by atoms with Crippen molar-refractivity contribution in [3.63, 3.8) is 0 Å². The van der Waals surface area contributed by atoms with Gasteiger partial charge in [0.1, 0.15) is 5.15 Å². The van der Waals surface area contributed by atoms with Gasteiger partial charge < -0.3 is 5.32 Å². The number of pyridine rings is 1. The summed E-state index contributed by atoms with van der Waals surface area (Å²) in [5.74, 6) is -1.74. The first-order valence-corrected chi connectivity index (χ1v) is 7.15. The Morgan fingerprint density at radius 1 is 1.38 bits per heavy atom. The van der Waals surface area contributed by atoms with Gasteiger partial charge in [0, 0.05) is 17.3 Å². The zero-order valence-electron chi connectivity index (χ0n) is 11.5. The lowest BCUT2D eigenvalue weighted by Crippen LogP contribution is -2.41. The second kappa shape index (κ2) is 6.22. The lowest BCUT2D eigenvalue weighted by atomic mass is 9.85. The number of aromatic nitrogens is 1. The number of hydrogen-bond acceptors (Lipinski definition) is 2. The van der Waals surface area contributed by atoms with Gasteiger partial charge in [0.25, 0.3) is 5.91 Å². The van der Waals surface area contributed by atoms with Gasteiger partial charge in [-0.2, -0.15) is 13.2 Å². The lowest BCUT2D eigenvalue weighted by molar-refractivity contribution is -0.183. The van der Waals surface area contributed by atoms with Gasteiger partial charge >= 0.3 is 6.18 Å². The number of aryl methyl sites for hydroxylation is 1. The first-order chi connectivity index (χ1) is 9.75. The van der Waals surface area contributed by atoms with E-state index in [9.17, 15) is 18.0 Å². The van der Waals surface area contributed by atoms with Crippen molar-refractivity contribution in [3.8, 4) is 0 Å². The Bertz CT molecular complexity index is 513. The van der Waals surface area contributed by atoms with Crippen molar-refractivity contribution >= 4 is 17.5 Å². The fourth-order valence-corrected chi connectivity index (χ4v) is 2.90. The Kier molecular flexibility index (Phi) is 4.76. The van der Waals surface area contributed by atoms with E-state index in [2.05, 4.69) is 10.3 Å². The van der Waals surface area contributed by atoms with E-state index in [-0.39, 0.29) is 18.0 Å². The number of nitrogens with one attached hydrogen (secondary N) is 1. The third-order valence-electron chi connectivity index (χ3n) is 3.66. The quantitative estimate of drug-likeness (QED) is 0.840. The van der Waals surface area contributed by atoms with Gasteiger partial charge in [-0.25, -0.2) is 4.98 Å². The molecule has 0 aromatic carbocycles. The number of alkyl halides is 3. The van der Waals surface area contributed by atoms with Crippen LogP contribution in [0.2, 0.25) is 5.15 Å². The van der Waals surface area contributed by atoms with Gasteiger partial charge in [0.05, 0.1) is 5.92 Å². The normalized spacial score (nSPS) is 22.9. The highest BCUT2D eigenvalue weighted by Crippen LogP contribution is 2.37. The summed E-state index contributed by atoms with van der Waals surface area (Å²) < 4.78 is 38.2. The molecule has 0 bridgehead atoms. The molecule has 1 aliphatic carbocycles. The maximum atomic E-state index is 12.7. The highest BCUT2D eigenvalue weighted by molar-refractivity contribution is 6.29. The first kappa shape index (κ1) is 16.1. The lowest BCUT2D eigenvalue weighted by Gasteiger charge is -2.31. The van der Waals surface area contributed by atoms with Crippen LogP contribution in [-0.4, -0.2) is 23.1 Å². The maximum Gasteiger partial charge on any atom is 0.391 e. The van der Waals surface area contributed by atoms with E-state index in [1.807, 2.05) is 0 Å². The molecule has 1 amide bonds. The summed E-state index contributed by atoms with van der Waals surface area (Å²) in [6, 6.07) is 2.52. The summed E-state index contributed by atoms with van der Waals surface area (Å²) in [6.45, 7) is 1.70. The molecule has 1 N–H and O–H groups in total. The van der Waals surface area contributed by atoms with Crippen LogP contribution in [0.1, 0.15) is 41.7 Å². The van der Waals surface area contributed by atoms with Crippen LogP contribution < -0.4 is 5.32 Å². The van der Waals surface area contributed by atoms with Gasteiger partial charge in [0.15, 0.2) is 0 Å². The van der Waals surface area contributed by atoms with Crippen molar-refractivity contribution in [2.24, 2.45) is 5.92 Å². The van der Waals surface area contributed by atoms with Crippen molar-refractivity contribution in [3.05, 3.63) is 28.5 Å². The number of carbonyl (C=O) groups excluding carboxylic acids is 1. The van der Waals surface area contributed by atoms with Crippen molar-refractivity contribution in [2.75, 3.05) is 0 Å². The van der Waals surface area contributed by atoms with Crippen LogP contribution in [0.25, 0.3) is 0 Å². The van der Waals surface area contributed by atoms with E-state index in [1.54, 1.807) is 13.0 Å². The van der Waals surface area contributed by atoms with Crippen LogP contribution in [0.15, 0.2) is 12.1 Å². The molecule has 1 heterocycles. The monoisotopic (exact) mass is 320 g/mol. The summed E-state index contributed by atoms with van der Waals surface area (Å²) in [6.07, 6.45) is -3.09. The minimum Gasteiger partial charge on any atom is -0.349 e. The van der Waals surface area contributed by atoms with Crippen LogP contribution in [-0.2, 0) is 0 Å². The molecule has 1 fully saturated rings. The van der Waals surface area contributed by atoms with E-state index in [0.717, 1.165) is 0 Å². The highest BCUT2D eigenvalue weighted by atomic mass is 35.5. The molecule has 1 aromatic heterocycles. The Hall–Kier alpha value is -1.30. The molecule has 1 aromatic rings. The fraction of sp³-hybridized carbons (Fsp3) is 0.571. The minimum atomic E-state index is -4.19. The van der Waals surface area contributed by atoms with Crippen LogP contribution in [0.4, 0.5) is 13.2 Å². The van der Waals surface area contributed by atoms with Gasteiger partial charge in [-0.1, -0.05) is 18.0 Å². The molecule has 116 valence electrons. The Morgan fingerprint density at radius 2 is 2.10 bits per heavy atom. The number of amides is 1. The molecule has 2 unspecified atom stereocenters.